The van der Waals surface area contributed by atoms with E-state index in [0.717, 1.165) is 5.92 Å². The first-order valence-electron chi connectivity index (χ1n) is 6.09. The Morgan fingerprint density at radius 2 is 1.93 bits per heavy atom. The average Bonchev–Trinajstić information content (AvgIpc) is 3.11. The molecule has 2 N–H and O–H groups in total. The van der Waals surface area contributed by atoms with Gasteiger partial charge in [-0.3, -0.25) is 0 Å². The largest absolute Gasteiger partial charge is 0.327 e. The van der Waals surface area contributed by atoms with Crippen molar-refractivity contribution < 1.29 is 0 Å². The Bertz CT molecular complexity index is 373. The topological polar surface area (TPSA) is 26.0 Å². The number of benzene rings is 1. The zero-order chi connectivity index (χ0) is 10.5. The highest BCUT2D eigenvalue weighted by atomic mass is 14.7. The van der Waals surface area contributed by atoms with Crippen LogP contribution in [0.1, 0.15) is 49.7 Å². The second-order valence-corrected chi connectivity index (χ2v) is 5.31. The van der Waals surface area contributed by atoms with Crippen molar-refractivity contribution in [2.24, 2.45) is 5.73 Å². The third-order valence-electron chi connectivity index (χ3n) is 4.17. The van der Waals surface area contributed by atoms with Crippen molar-refractivity contribution in [2.45, 2.75) is 50.0 Å². The fraction of sp³-hybridized carbons (Fsp3) is 0.571. The van der Waals surface area contributed by atoms with E-state index in [-0.39, 0.29) is 0 Å². The van der Waals surface area contributed by atoms with Gasteiger partial charge in [-0.2, -0.15) is 0 Å². The van der Waals surface area contributed by atoms with Crippen LogP contribution in [0.25, 0.3) is 0 Å². The van der Waals surface area contributed by atoms with Crippen LogP contribution in [0.3, 0.4) is 0 Å². The molecule has 0 spiro atoms. The van der Waals surface area contributed by atoms with Crippen molar-refractivity contribution in [3.63, 3.8) is 0 Å². The van der Waals surface area contributed by atoms with E-state index in [1.807, 2.05) is 0 Å². The van der Waals surface area contributed by atoms with E-state index in [1.165, 1.54) is 25.7 Å². The Morgan fingerprint density at radius 3 is 2.47 bits per heavy atom. The molecule has 0 aromatic heterocycles. The van der Waals surface area contributed by atoms with Crippen LogP contribution < -0.4 is 5.73 Å². The summed E-state index contributed by atoms with van der Waals surface area (Å²) in [6.07, 6.45) is 5.33. The first-order valence-corrected chi connectivity index (χ1v) is 6.09. The fourth-order valence-electron chi connectivity index (χ4n) is 2.81. The van der Waals surface area contributed by atoms with E-state index in [1.54, 1.807) is 11.1 Å². The number of hydrogen-bond donors (Lipinski definition) is 1. The molecule has 1 unspecified atom stereocenters. The lowest BCUT2D eigenvalue weighted by molar-refractivity contribution is 0.552. The predicted octanol–water partition coefficient (Wildman–Crippen LogP) is 2.94. The maximum Gasteiger partial charge on any atom is 0.0108 e. The van der Waals surface area contributed by atoms with Crippen molar-refractivity contribution >= 4 is 0 Å². The Balaban J connectivity index is 2.03. The molecule has 3 rings (SSSR count). The van der Waals surface area contributed by atoms with Gasteiger partial charge in [-0.1, -0.05) is 24.3 Å². The van der Waals surface area contributed by atoms with Gasteiger partial charge in [0.1, 0.15) is 0 Å². The Morgan fingerprint density at radius 1 is 1.27 bits per heavy atom. The van der Waals surface area contributed by atoms with Gasteiger partial charge in [0.25, 0.3) is 0 Å². The van der Waals surface area contributed by atoms with Gasteiger partial charge in [0, 0.05) is 11.5 Å². The molecular weight excluding hydrogens is 182 g/mol. The number of rotatable bonds is 3. The second kappa shape index (κ2) is 3.08. The Hall–Kier alpha value is -0.820. The molecule has 0 bridgehead atoms. The summed E-state index contributed by atoms with van der Waals surface area (Å²) in [6.45, 7) is 2.16. The highest BCUT2D eigenvalue weighted by Crippen LogP contribution is 2.54. The summed E-state index contributed by atoms with van der Waals surface area (Å²) < 4.78 is 0. The summed E-state index contributed by atoms with van der Waals surface area (Å²) in [6, 6.07) is 9.27. The van der Waals surface area contributed by atoms with Crippen LogP contribution in [-0.4, -0.2) is 6.04 Å². The zero-order valence-corrected chi connectivity index (χ0v) is 9.37. The lowest BCUT2D eigenvalue weighted by Crippen LogP contribution is -2.32. The van der Waals surface area contributed by atoms with Crippen molar-refractivity contribution in [1.82, 2.24) is 0 Å². The van der Waals surface area contributed by atoms with E-state index in [4.69, 9.17) is 5.73 Å². The highest BCUT2D eigenvalue weighted by molar-refractivity contribution is 5.43. The molecule has 0 heterocycles. The van der Waals surface area contributed by atoms with Gasteiger partial charge in [0.05, 0.1) is 0 Å². The van der Waals surface area contributed by atoms with Crippen molar-refractivity contribution in [3.05, 3.63) is 35.4 Å². The predicted molar refractivity (Wildman–Crippen MR) is 63.0 cm³/mol. The fourth-order valence-corrected chi connectivity index (χ4v) is 2.81. The molecule has 0 saturated heterocycles. The molecule has 2 fully saturated rings. The van der Waals surface area contributed by atoms with Crippen LogP contribution in [0.4, 0.5) is 0 Å². The van der Waals surface area contributed by atoms with E-state index in [2.05, 4.69) is 31.2 Å². The first-order chi connectivity index (χ1) is 7.24. The maximum absolute atomic E-state index is 6.15. The quantitative estimate of drug-likeness (QED) is 0.799. The Kier molecular flexibility index (Phi) is 1.93. The van der Waals surface area contributed by atoms with Gasteiger partial charge >= 0.3 is 0 Å². The summed E-state index contributed by atoms with van der Waals surface area (Å²) in [4.78, 5) is 0. The van der Waals surface area contributed by atoms with Crippen LogP contribution in [0.5, 0.6) is 0 Å². The minimum atomic E-state index is 0.303. The number of nitrogens with two attached hydrogens (primary N) is 1. The molecule has 1 aromatic rings. The smallest absolute Gasteiger partial charge is 0.0108 e. The molecular formula is C14H19N. The van der Waals surface area contributed by atoms with E-state index in [9.17, 15) is 0 Å². The molecule has 80 valence electrons. The van der Waals surface area contributed by atoms with Crippen LogP contribution in [0, 0.1) is 0 Å². The van der Waals surface area contributed by atoms with Gasteiger partial charge in [-0.25, -0.2) is 0 Å². The van der Waals surface area contributed by atoms with E-state index < -0.39 is 0 Å². The lowest BCUT2D eigenvalue weighted by atomic mass is 9.85. The van der Waals surface area contributed by atoms with Crippen LogP contribution in [0.15, 0.2) is 24.3 Å². The summed E-state index contributed by atoms with van der Waals surface area (Å²) in [7, 11) is 0. The third kappa shape index (κ3) is 1.41. The molecule has 0 aliphatic heterocycles. The molecule has 1 heteroatoms. The molecule has 0 radical (unpaired) electrons. The minimum Gasteiger partial charge on any atom is -0.327 e. The molecule has 1 atom stereocenters. The van der Waals surface area contributed by atoms with E-state index in [0.29, 0.717) is 11.5 Å². The van der Waals surface area contributed by atoms with Gasteiger partial charge in [0.15, 0.2) is 0 Å². The molecule has 0 amide bonds. The minimum absolute atomic E-state index is 0.303. The van der Waals surface area contributed by atoms with Crippen LogP contribution in [0.2, 0.25) is 0 Å². The van der Waals surface area contributed by atoms with Crippen molar-refractivity contribution in [1.29, 1.82) is 0 Å². The van der Waals surface area contributed by atoms with Crippen LogP contribution >= 0.6 is 0 Å². The molecule has 2 aliphatic carbocycles. The first kappa shape index (κ1) is 9.41. The van der Waals surface area contributed by atoms with Gasteiger partial charge in [0.2, 0.25) is 0 Å². The standard InChI is InChI=1S/C14H19N/c1-10(15)14(8-9-14)13-5-3-2-4-12(13)11-6-7-11/h2-5,10-11H,6-9,15H2,1H3. The Labute approximate surface area is 91.7 Å². The van der Waals surface area contributed by atoms with Crippen LogP contribution in [-0.2, 0) is 5.41 Å². The van der Waals surface area contributed by atoms with Crippen molar-refractivity contribution in [3.8, 4) is 0 Å². The SMILES string of the molecule is CC(N)C1(c2ccccc2C2CC2)CC1. The van der Waals surface area contributed by atoms with Crippen molar-refractivity contribution in [2.75, 3.05) is 0 Å². The molecule has 2 aliphatic rings. The molecule has 15 heavy (non-hydrogen) atoms. The summed E-state index contributed by atoms with van der Waals surface area (Å²) >= 11 is 0. The van der Waals surface area contributed by atoms with Gasteiger partial charge in [-0.15, -0.1) is 0 Å². The summed E-state index contributed by atoms with van der Waals surface area (Å²) in [5.41, 5.74) is 9.63. The van der Waals surface area contributed by atoms with Gasteiger partial charge < -0.3 is 5.73 Å². The normalized spacial score (nSPS) is 24.9. The number of hydrogen-bond acceptors (Lipinski definition) is 1. The maximum atomic E-state index is 6.15. The molecule has 2 saturated carbocycles. The average molecular weight is 201 g/mol. The van der Waals surface area contributed by atoms with Gasteiger partial charge in [-0.05, 0) is 49.7 Å². The lowest BCUT2D eigenvalue weighted by Gasteiger charge is -2.23. The molecule has 1 aromatic carbocycles. The second-order valence-electron chi connectivity index (χ2n) is 5.31. The third-order valence-corrected chi connectivity index (χ3v) is 4.17. The molecule has 1 nitrogen and oxygen atoms in total. The van der Waals surface area contributed by atoms with E-state index >= 15 is 0 Å². The monoisotopic (exact) mass is 201 g/mol. The summed E-state index contributed by atoms with van der Waals surface area (Å²) in [5, 5.41) is 0. The highest BCUT2D eigenvalue weighted by Gasteiger charge is 2.49. The summed E-state index contributed by atoms with van der Waals surface area (Å²) in [5.74, 6) is 0.845. The zero-order valence-electron chi connectivity index (χ0n) is 9.37.